The molecular formula is C13H10F2N2O3. The lowest BCUT2D eigenvalue weighted by Gasteiger charge is -2.11. The first-order chi connectivity index (χ1) is 9.58. The summed E-state index contributed by atoms with van der Waals surface area (Å²) in [5.74, 6) is -0.889. The molecule has 2 aromatic rings. The lowest BCUT2D eigenvalue weighted by atomic mass is 10.2. The molecule has 0 radical (unpaired) electrons. The van der Waals surface area contributed by atoms with Gasteiger partial charge < -0.3 is 15.0 Å². The molecule has 5 nitrogen and oxygen atoms in total. The van der Waals surface area contributed by atoms with E-state index in [4.69, 9.17) is 0 Å². The SMILES string of the molecule is O=C(Nc1ccccc1OC(F)F)c1c[nH]ccc1=O. The van der Waals surface area contributed by atoms with Crippen molar-refractivity contribution < 1.29 is 18.3 Å². The van der Waals surface area contributed by atoms with Crippen molar-refractivity contribution in [1.82, 2.24) is 4.98 Å². The van der Waals surface area contributed by atoms with Crippen LogP contribution in [0.1, 0.15) is 10.4 Å². The van der Waals surface area contributed by atoms with E-state index in [1.807, 2.05) is 0 Å². The molecule has 20 heavy (non-hydrogen) atoms. The quantitative estimate of drug-likeness (QED) is 0.902. The van der Waals surface area contributed by atoms with Crippen LogP contribution in [0.2, 0.25) is 0 Å². The molecule has 2 N–H and O–H groups in total. The zero-order valence-corrected chi connectivity index (χ0v) is 10.1. The summed E-state index contributed by atoms with van der Waals surface area (Å²) in [4.78, 5) is 26.0. The van der Waals surface area contributed by atoms with E-state index < -0.39 is 17.9 Å². The number of alkyl halides is 2. The second kappa shape index (κ2) is 5.96. The van der Waals surface area contributed by atoms with Crippen LogP contribution in [0.5, 0.6) is 5.75 Å². The summed E-state index contributed by atoms with van der Waals surface area (Å²) >= 11 is 0. The molecule has 0 aliphatic heterocycles. The number of H-pyrrole nitrogens is 1. The average molecular weight is 280 g/mol. The van der Waals surface area contributed by atoms with E-state index in [-0.39, 0.29) is 17.0 Å². The second-order valence-electron chi connectivity index (χ2n) is 3.75. The lowest BCUT2D eigenvalue weighted by Crippen LogP contribution is -2.21. The fourth-order valence-corrected chi connectivity index (χ4v) is 1.55. The van der Waals surface area contributed by atoms with Gasteiger partial charge in [-0.3, -0.25) is 9.59 Å². The molecular weight excluding hydrogens is 270 g/mol. The van der Waals surface area contributed by atoms with Gasteiger partial charge in [0, 0.05) is 18.5 Å². The summed E-state index contributed by atoms with van der Waals surface area (Å²) in [6.45, 7) is -3.01. The van der Waals surface area contributed by atoms with Crippen molar-refractivity contribution in [3.8, 4) is 5.75 Å². The number of pyridine rings is 1. The van der Waals surface area contributed by atoms with Gasteiger partial charge in [0.15, 0.2) is 5.43 Å². The molecule has 0 spiro atoms. The molecule has 1 aromatic carbocycles. The Hall–Kier alpha value is -2.70. The minimum atomic E-state index is -3.01. The van der Waals surface area contributed by atoms with Gasteiger partial charge in [0.1, 0.15) is 11.3 Å². The molecule has 104 valence electrons. The minimum absolute atomic E-state index is 0.0565. The number of aromatic nitrogens is 1. The number of hydrogen-bond donors (Lipinski definition) is 2. The summed E-state index contributed by atoms with van der Waals surface area (Å²) in [6.07, 6.45) is 2.61. The zero-order chi connectivity index (χ0) is 14.5. The van der Waals surface area contributed by atoms with Crippen molar-refractivity contribution in [1.29, 1.82) is 0 Å². The van der Waals surface area contributed by atoms with E-state index in [0.29, 0.717) is 0 Å². The third kappa shape index (κ3) is 3.19. The van der Waals surface area contributed by atoms with Crippen LogP contribution in [0.15, 0.2) is 47.5 Å². The molecule has 0 bridgehead atoms. The second-order valence-corrected chi connectivity index (χ2v) is 3.75. The predicted molar refractivity (Wildman–Crippen MR) is 68.1 cm³/mol. The molecule has 1 amide bonds. The van der Waals surface area contributed by atoms with Gasteiger partial charge in [0.2, 0.25) is 0 Å². The van der Waals surface area contributed by atoms with E-state index in [1.165, 1.54) is 36.7 Å². The number of halogens is 2. The maximum Gasteiger partial charge on any atom is 0.387 e. The highest BCUT2D eigenvalue weighted by Gasteiger charge is 2.14. The molecule has 0 aliphatic rings. The molecule has 7 heteroatoms. The zero-order valence-electron chi connectivity index (χ0n) is 10.1. The maximum absolute atomic E-state index is 12.2. The highest BCUT2D eigenvalue weighted by atomic mass is 19.3. The number of aromatic amines is 1. The number of para-hydroxylation sites is 2. The van der Waals surface area contributed by atoms with Crippen LogP contribution in [-0.4, -0.2) is 17.5 Å². The predicted octanol–water partition coefficient (Wildman–Crippen LogP) is 2.23. The van der Waals surface area contributed by atoms with Crippen LogP contribution in [0.25, 0.3) is 0 Å². The molecule has 0 saturated carbocycles. The monoisotopic (exact) mass is 280 g/mol. The fourth-order valence-electron chi connectivity index (χ4n) is 1.55. The summed E-state index contributed by atoms with van der Waals surface area (Å²) in [5, 5.41) is 2.36. The Bertz CT molecular complexity index is 670. The molecule has 1 heterocycles. The van der Waals surface area contributed by atoms with Crippen LogP contribution in [0.4, 0.5) is 14.5 Å². The molecule has 1 aromatic heterocycles. The lowest BCUT2D eigenvalue weighted by molar-refractivity contribution is -0.0493. The van der Waals surface area contributed by atoms with Crippen LogP contribution in [0.3, 0.4) is 0 Å². The smallest absolute Gasteiger partial charge is 0.387 e. The number of hydrogen-bond acceptors (Lipinski definition) is 3. The topological polar surface area (TPSA) is 71.2 Å². The van der Waals surface area contributed by atoms with Crippen molar-refractivity contribution in [3.63, 3.8) is 0 Å². The van der Waals surface area contributed by atoms with Crippen molar-refractivity contribution >= 4 is 11.6 Å². The van der Waals surface area contributed by atoms with Gasteiger partial charge in [0.05, 0.1) is 5.69 Å². The van der Waals surface area contributed by atoms with Crippen LogP contribution < -0.4 is 15.5 Å². The number of carbonyl (C=O) groups excluding carboxylic acids is 1. The van der Waals surface area contributed by atoms with Gasteiger partial charge in [-0.2, -0.15) is 8.78 Å². The summed E-state index contributed by atoms with van der Waals surface area (Å²) < 4.78 is 28.7. The number of rotatable bonds is 4. The largest absolute Gasteiger partial charge is 0.433 e. The van der Waals surface area contributed by atoms with Crippen LogP contribution >= 0.6 is 0 Å². The normalized spacial score (nSPS) is 10.3. The van der Waals surface area contributed by atoms with Gasteiger partial charge in [0.25, 0.3) is 5.91 Å². The molecule has 0 fully saturated rings. The summed E-state index contributed by atoms with van der Waals surface area (Å²) in [7, 11) is 0. The third-order valence-corrected chi connectivity index (χ3v) is 2.42. The summed E-state index contributed by atoms with van der Waals surface area (Å²) in [6, 6.07) is 6.91. The van der Waals surface area contributed by atoms with Gasteiger partial charge in [-0.05, 0) is 12.1 Å². The molecule has 0 unspecified atom stereocenters. The first kappa shape index (κ1) is 13.7. The Kier molecular flexibility index (Phi) is 4.09. The van der Waals surface area contributed by atoms with E-state index in [1.54, 1.807) is 6.07 Å². The van der Waals surface area contributed by atoms with E-state index in [9.17, 15) is 18.4 Å². The average Bonchev–Trinajstić information content (AvgIpc) is 2.41. The molecule has 0 atom stereocenters. The van der Waals surface area contributed by atoms with Gasteiger partial charge in [-0.1, -0.05) is 12.1 Å². The third-order valence-electron chi connectivity index (χ3n) is 2.42. The first-order valence-corrected chi connectivity index (χ1v) is 5.60. The van der Waals surface area contributed by atoms with Crippen molar-refractivity contribution in [3.05, 3.63) is 58.5 Å². The van der Waals surface area contributed by atoms with Crippen molar-refractivity contribution in [2.24, 2.45) is 0 Å². The van der Waals surface area contributed by atoms with Crippen LogP contribution in [0, 0.1) is 0 Å². The minimum Gasteiger partial charge on any atom is -0.433 e. The van der Waals surface area contributed by atoms with Gasteiger partial charge in [-0.15, -0.1) is 0 Å². The number of benzene rings is 1. The summed E-state index contributed by atoms with van der Waals surface area (Å²) in [5.41, 5.74) is -0.547. The first-order valence-electron chi connectivity index (χ1n) is 5.60. The standard InChI is InChI=1S/C13H10F2N2O3/c14-13(15)20-11-4-2-1-3-9(11)17-12(19)8-7-16-6-5-10(8)18/h1-7,13H,(H,16,18)(H,17,19). The Morgan fingerprint density at radius 2 is 2.00 bits per heavy atom. The van der Waals surface area contributed by atoms with E-state index in [0.717, 1.165) is 0 Å². The Labute approximate surface area is 112 Å². The van der Waals surface area contributed by atoms with Crippen molar-refractivity contribution in [2.75, 3.05) is 5.32 Å². The number of ether oxygens (including phenoxy) is 1. The highest BCUT2D eigenvalue weighted by Crippen LogP contribution is 2.25. The Balaban J connectivity index is 2.24. The number of anilines is 1. The maximum atomic E-state index is 12.2. The molecule has 2 rings (SSSR count). The van der Waals surface area contributed by atoms with E-state index in [2.05, 4.69) is 15.0 Å². The molecule has 0 saturated heterocycles. The van der Waals surface area contributed by atoms with E-state index >= 15 is 0 Å². The Morgan fingerprint density at radius 3 is 2.70 bits per heavy atom. The number of carbonyl (C=O) groups is 1. The fraction of sp³-hybridized carbons (Fsp3) is 0.0769. The number of nitrogens with one attached hydrogen (secondary N) is 2. The van der Waals surface area contributed by atoms with Gasteiger partial charge >= 0.3 is 6.61 Å². The molecule has 0 aliphatic carbocycles. The van der Waals surface area contributed by atoms with Crippen molar-refractivity contribution in [2.45, 2.75) is 6.61 Å². The van der Waals surface area contributed by atoms with Gasteiger partial charge in [-0.25, -0.2) is 0 Å². The number of amides is 1. The highest BCUT2D eigenvalue weighted by molar-refractivity contribution is 6.04. The van der Waals surface area contributed by atoms with Crippen LogP contribution in [-0.2, 0) is 0 Å². The Morgan fingerprint density at radius 1 is 1.25 bits per heavy atom.